The number of azo groups is 1. The van der Waals surface area contributed by atoms with Gasteiger partial charge >= 0.3 is 0 Å². The average Bonchev–Trinajstić information content (AvgIpc) is 2.55. The van der Waals surface area contributed by atoms with E-state index < -0.39 is 10.1 Å². The second-order valence-electron chi connectivity index (χ2n) is 4.82. The van der Waals surface area contributed by atoms with Crippen LogP contribution in [0.2, 0.25) is 0 Å². The van der Waals surface area contributed by atoms with Crippen LogP contribution in [0, 0.1) is 0 Å². The van der Waals surface area contributed by atoms with Crippen molar-refractivity contribution < 1.29 is 17.7 Å². The summed E-state index contributed by atoms with van der Waals surface area (Å²) in [5.41, 5.74) is 1.31. The SMILES string of the molecule is CC=Cc1ccc(N=Nc2ccc(OCC)cc2)cc1S(=O)(=O)O. The average molecular weight is 346 g/mol. The van der Waals surface area contributed by atoms with Crippen molar-refractivity contribution in [2.75, 3.05) is 6.61 Å². The minimum absolute atomic E-state index is 0.205. The van der Waals surface area contributed by atoms with Crippen LogP contribution < -0.4 is 4.74 Å². The van der Waals surface area contributed by atoms with Crippen LogP contribution in [0.1, 0.15) is 19.4 Å². The lowest BCUT2D eigenvalue weighted by Crippen LogP contribution is -2.00. The molecule has 126 valence electrons. The molecule has 0 aliphatic heterocycles. The molecule has 1 N–H and O–H groups in total. The maximum absolute atomic E-state index is 11.5. The van der Waals surface area contributed by atoms with Crippen LogP contribution in [-0.4, -0.2) is 19.6 Å². The van der Waals surface area contributed by atoms with Crippen LogP contribution in [0.4, 0.5) is 11.4 Å². The van der Waals surface area contributed by atoms with Crippen molar-refractivity contribution >= 4 is 27.6 Å². The Labute approximate surface area is 141 Å². The highest BCUT2D eigenvalue weighted by atomic mass is 32.2. The van der Waals surface area contributed by atoms with Crippen molar-refractivity contribution in [1.82, 2.24) is 0 Å². The van der Waals surface area contributed by atoms with Gasteiger partial charge in [0.1, 0.15) is 10.6 Å². The zero-order valence-corrected chi connectivity index (χ0v) is 14.2. The number of hydrogen-bond donors (Lipinski definition) is 1. The molecule has 0 radical (unpaired) electrons. The summed E-state index contributed by atoms with van der Waals surface area (Å²) in [4.78, 5) is -0.205. The molecule has 0 unspecified atom stereocenters. The minimum Gasteiger partial charge on any atom is -0.494 e. The van der Waals surface area contributed by atoms with E-state index in [4.69, 9.17) is 4.74 Å². The molecule has 6 nitrogen and oxygen atoms in total. The third-order valence-corrected chi connectivity index (χ3v) is 3.96. The Morgan fingerprint density at radius 2 is 1.71 bits per heavy atom. The van der Waals surface area contributed by atoms with Gasteiger partial charge in [0.05, 0.1) is 18.0 Å². The quantitative estimate of drug-likeness (QED) is 0.602. The van der Waals surface area contributed by atoms with Gasteiger partial charge in [-0.2, -0.15) is 18.6 Å². The molecule has 0 fully saturated rings. The van der Waals surface area contributed by atoms with E-state index in [0.717, 1.165) is 5.75 Å². The molecule has 0 saturated carbocycles. The fourth-order valence-electron chi connectivity index (χ4n) is 2.02. The van der Waals surface area contributed by atoms with Gasteiger partial charge in [-0.25, -0.2) is 0 Å². The van der Waals surface area contributed by atoms with E-state index >= 15 is 0 Å². The summed E-state index contributed by atoms with van der Waals surface area (Å²) in [6, 6.07) is 11.5. The van der Waals surface area contributed by atoms with Crippen molar-refractivity contribution in [2.45, 2.75) is 18.7 Å². The fraction of sp³-hybridized carbons (Fsp3) is 0.176. The van der Waals surface area contributed by atoms with Crippen molar-refractivity contribution in [3.63, 3.8) is 0 Å². The van der Waals surface area contributed by atoms with Gasteiger partial charge in [-0.1, -0.05) is 18.2 Å². The van der Waals surface area contributed by atoms with Crippen LogP contribution in [0.15, 0.2) is 63.7 Å². The van der Waals surface area contributed by atoms with Crippen LogP contribution >= 0.6 is 0 Å². The number of nitrogens with zero attached hydrogens (tertiary/aromatic N) is 2. The van der Waals surface area contributed by atoms with Crippen molar-refractivity contribution in [1.29, 1.82) is 0 Å². The second kappa shape index (κ2) is 7.85. The molecule has 2 aromatic carbocycles. The van der Waals surface area contributed by atoms with Gasteiger partial charge in [0.2, 0.25) is 0 Å². The number of hydrogen-bond acceptors (Lipinski definition) is 5. The fourth-order valence-corrected chi connectivity index (χ4v) is 2.72. The normalized spacial score (nSPS) is 12.1. The molecule has 2 aromatic rings. The molecule has 24 heavy (non-hydrogen) atoms. The molecule has 2 rings (SSSR count). The molecule has 7 heteroatoms. The van der Waals surface area contributed by atoms with E-state index in [0.29, 0.717) is 23.5 Å². The van der Waals surface area contributed by atoms with Crippen molar-refractivity contribution in [3.05, 3.63) is 54.1 Å². The van der Waals surface area contributed by atoms with E-state index in [1.165, 1.54) is 6.07 Å². The Balaban J connectivity index is 2.29. The van der Waals surface area contributed by atoms with Crippen LogP contribution in [0.3, 0.4) is 0 Å². The number of rotatable bonds is 6. The maximum atomic E-state index is 11.5. The van der Waals surface area contributed by atoms with Crippen molar-refractivity contribution in [2.24, 2.45) is 10.2 Å². The number of ether oxygens (including phenoxy) is 1. The van der Waals surface area contributed by atoms with Gasteiger partial charge in [-0.3, -0.25) is 4.55 Å². The first-order chi connectivity index (χ1) is 11.4. The topological polar surface area (TPSA) is 88.3 Å². The zero-order valence-electron chi connectivity index (χ0n) is 13.4. The van der Waals surface area contributed by atoms with Gasteiger partial charge in [-0.15, -0.1) is 0 Å². The second-order valence-corrected chi connectivity index (χ2v) is 6.21. The lowest BCUT2D eigenvalue weighted by molar-refractivity contribution is 0.340. The lowest BCUT2D eigenvalue weighted by atomic mass is 10.2. The van der Waals surface area contributed by atoms with Crippen molar-refractivity contribution in [3.8, 4) is 5.75 Å². The van der Waals surface area contributed by atoms with Gasteiger partial charge in [0.25, 0.3) is 10.1 Å². The highest BCUT2D eigenvalue weighted by molar-refractivity contribution is 7.86. The molecule has 0 spiro atoms. The highest BCUT2D eigenvalue weighted by Crippen LogP contribution is 2.26. The largest absolute Gasteiger partial charge is 0.494 e. The molecule has 0 bridgehead atoms. The van der Waals surface area contributed by atoms with E-state index in [-0.39, 0.29) is 4.90 Å². The van der Waals surface area contributed by atoms with Gasteiger partial charge in [-0.05, 0) is 55.8 Å². The Bertz CT molecular complexity index is 857. The van der Waals surface area contributed by atoms with E-state index in [1.54, 1.807) is 55.5 Å². The maximum Gasteiger partial charge on any atom is 0.295 e. The number of allylic oxidation sites excluding steroid dienone is 1. The highest BCUT2D eigenvalue weighted by Gasteiger charge is 2.14. The first-order valence-electron chi connectivity index (χ1n) is 7.33. The lowest BCUT2D eigenvalue weighted by Gasteiger charge is -2.04. The first kappa shape index (κ1) is 17.8. The van der Waals surface area contributed by atoms with E-state index in [9.17, 15) is 13.0 Å². The van der Waals surface area contributed by atoms with Gasteiger partial charge < -0.3 is 4.74 Å². The minimum atomic E-state index is -4.34. The Morgan fingerprint density at radius 1 is 1.08 bits per heavy atom. The van der Waals surface area contributed by atoms with Crippen LogP contribution in [0.25, 0.3) is 6.08 Å². The first-order valence-corrected chi connectivity index (χ1v) is 8.77. The molecule has 0 heterocycles. The number of benzene rings is 2. The molecule has 0 atom stereocenters. The van der Waals surface area contributed by atoms with E-state index in [1.807, 2.05) is 6.92 Å². The Morgan fingerprint density at radius 3 is 2.29 bits per heavy atom. The predicted molar refractivity (Wildman–Crippen MR) is 92.8 cm³/mol. The smallest absolute Gasteiger partial charge is 0.295 e. The van der Waals surface area contributed by atoms with Gasteiger partial charge in [0.15, 0.2) is 0 Å². The summed E-state index contributed by atoms with van der Waals surface area (Å²) in [5.74, 6) is 0.737. The summed E-state index contributed by atoms with van der Waals surface area (Å²) in [6.07, 6.45) is 3.28. The van der Waals surface area contributed by atoms with E-state index in [2.05, 4.69) is 10.2 Å². The van der Waals surface area contributed by atoms with Crippen LogP contribution in [-0.2, 0) is 10.1 Å². The monoisotopic (exact) mass is 346 g/mol. The molecule has 0 aliphatic rings. The summed E-state index contributed by atoms with van der Waals surface area (Å²) in [7, 11) is -4.34. The molecule has 0 saturated heterocycles. The van der Waals surface area contributed by atoms with Gasteiger partial charge in [0, 0.05) is 0 Å². The third-order valence-electron chi connectivity index (χ3n) is 3.05. The summed E-state index contributed by atoms with van der Waals surface area (Å²) in [6.45, 7) is 4.24. The Kier molecular flexibility index (Phi) is 5.83. The molecular formula is C17H18N2O4S. The standard InChI is InChI=1S/C17H18N2O4S/c1-3-5-13-6-7-15(12-17(13)24(20,21)22)19-18-14-8-10-16(11-9-14)23-4-2/h3,5-12H,4H2,1-2H3,(H,20,21,22). The predicted octanol–water partition coefficient (Wildman–Crippen LogP) is 4.78. The third kappa shape index (κ3) is 4.74. The molecular weight excluding hydrogens is 328 g/mol. The molecule has 0 aromatic heterocycles. The zero-order chi connectivity index (χ0) is 17.6. The summed E-state index contributed by atoms with van der Waals surface area (Å²) < 4.78 is 37.7. The summed E-state index contributed by atoms with van der Waals surface area (Å²) >= 11 is 0. The Hall–Kier alpha value is -2.51. The summed E-state index contributed by atoms with van der Waals surface area (Å²) in [5, 5.41) is 8.06. The molecule has 0 amide bonds. The van der Waals surface area contributed by atoms with Crippen LogP contribution in [0.5, 0.6) is 5.75 Å². The molecule has 0 aliphatic carbocycles.